The van der Waals surface area contributed by atoms with Crippen LogP contribution < -0.4 is 0 Å². The molecule has 0 aliphatic carbocycles. The van der Waals surface area contributed by atoms with Gasteiger partial charge in [-0.15, -0.1) is 22.7 Å². The third-order valence-corrected chi connectivity index (χ3v) is 4.30. The van der Waals surface area contributed by atoms with Gasteiger partial charge in [0.1, 0.15) is 4.88 Å². The van der Waals surface area contributed by atoms with Crippen LogP contribution >= 0.6 is 22.7 Å². The van der Waals surface area contributed by atoms with E-state index in [0.717, 1.165) is 16.9 Å². The molecule has 15 heavy (non-hydrogen) atoms. The maximum atomic E-state index is 10.9. The number of carbonyl (C=O) groups is 1. The van der Waals surface area contributed by atoms with Gasteiger partial charge in [-0.3, -0.25) is 0 Å². The highest BCUT2D eigenvalue weighted by Gasteiger charge is 2.14. The Morgan fingerprint density at radius 1 is 1.40 bits per heavy atom. The second-order valence-corrected chi connectivity index (χ2v) is 5.17. The number of carboxylic acid groups (broad SMARTS) is 1. The third kappa shape index (κ3) is 1.96. The number of hydrogen-bond acceptors (Lipinski definition) is 3. The maximum Gasteiger partial charge on any atom is 0.346 e. The molecule has 2 aromatic rings. The monoisotopic (exact) mass is 238 g/mol. The fraction of sp³-hybridized carbons (Fsp3) is 0.182. The Balaban J connectivity index is 2.44. The predicted molar refractivity (Wildman–Crippen MR) is 64.0 cm³/mol. The van der Waals surface area contributed by atoms with Crippen molar-refractivity contribution in [1.82, 2.24) is 0 Å². The topological polar surface area (TPSA) is 37.3 Å². The van der Waals surface area contributed by atoms with Crippen LogP contribution in [0.1, 0.15) is 21.5 Å². The van der Waals surface area contributed by atoms with E-state index in [1.165, 1.54) is 16.2 Å². The molecule has 2 aromatic heterocycles. The average molecular weight is 238 g/mol. The van der Waals surface area contributed by atoms with Gasteiger partial charge in [0.2, 0.25) is 0 Å². The molecule has 4 heteroatoms. The van der Waals surface area contributed by atoms with Crippen molar-refractivity contribution in [3.05, 3.63) is 33.3 Å². The van der Waals surface area contributed by atoms with Crippen molar-refractivity contribution in [3.63, 3.8) is 0 Å². The van der Waals surface area contributed by atoms with Gasteiger partial charge in [-0.1, -0.05) is 6.92 Å². The highest BCUT2D eigenvalue weighted by atomic mass is 32.1. The quantitative estimate of drug-likeness (QED) is 0.884. The molecule has 0 aliphatic heterocycles. The zero-order chi connectivity index (χ0) is 10.8. The summed E-state index contributed by atoms with van der Waals surface area (Å²) in [5.41, 5.74) is 0.845. The molecule has 78 valence electrons. The van der Waals surface area contributed by atoms with Crippen LogP contribution in [0.15, 0.2) is 23.6 Å². The number of thiophene rings is 2. The van der Waals surface area contributed by atoms with E-state index in [1.54, 1.807) is 11.3 Å². The first kappa shape index (κ1) is 10.4. The summed E-state index contributed by atoms with van der Waals surface area (Å²) in [4.78, 5) is 13.7. The second-order valence-electron chi connectivity index (χ2n) is 3.09. The molecule has 2 heterocycles. The number of rotatable bonds is 3. The lowest BCUT2D eigenvalue weighted by Gasteiger charge is -1.95. The molecular weight excluding hydrogens is 228 g/mol. The number of hydrogen-bond donors (Lipinski definition) is 1. The molecule has 0 fully saturated rings. The van der Waals surface area contributed by atoms with Gasteiger partial charge in [0, 0.05) is 15.3 Å². The first-order valence-electron chi connectivity index (χ1n) is 4.62. The van der Waals surface area contributed by atoms with E-state index in [-0.39, 0.29) is 0 Å². The largest absolute Gasteiger partial charge is 0.477 e. The Bertz CT molecular complexity index is 482. The lowest BCUT2D eigenvalue weighted by atomic mass is 10.2. The highest BCUT2D eigenvalue weighted by Crippen LogP contribution is 2.33. The molecule has 0 radical (unpaired) electrons. The molecule has 0 saturated heterocycles. The summed E-state index contributed by atoms with van der Waals surface area (Å²) in [6, 6.07) is 5.93. The summed E-state index contributed by atoms with van der Waals surface area (Å²) in [5, 5.41) is 10.8. The Morgan fingerprint density at radius 3 is 2.80 bits per heavy atom. The van der Waals surface area contributed by atoms with Gasteiger partial charge in [0.25, 0.3) is 0 Å². The number of carboxylic acids is 1. The van der Waals surface area contributed by atoms with Gasteiger partial charge in [-0.2, -0.15) is 0 Å². The first-order chi connectivity index (χ1) is 7.22. The van der Waals surface area contributed by atoms with Crippen molar-refractivity contribution in [2.24, 2.45) is 0 Å². The number of aryl methyl sites for hydroxylation is 1. The Hall–Kier alpha value is -1.13. The Labute approximate surface area is 95.8 Å². The maximum absolute atomic E-state index is 10.9. The van der Waals surface area contributed by atoms with Crippen molar-refractivity contribution in [1.29, 1.82) is 0 Å². The molecule has 0 atom stereocenters. The predicted octanol–water partition coefficient (Wildman–Crippen LogP) is 3.74. The molecule has 0 aliphatic rings. The molecule has 2 nitrogen and oxygen atoms in total. The summed E-state index contributed by atoms with van der Waals surface area (Å²) in [5.74, 6) is -0.841. The molecule has 2 rings (SSSR count). The fourth-order valence-electron chi connectivity index (χ4n) is 1.38. The lowest BCUT2D eigenvalue weighted by molar-refractivity contribution is 0.0703. The van der Waals surface area contributed by atoms with E-state index >= 15 is 0 Å². The van der Waals surface area contributed by atoms with Crippen molar-refractivity contribution in [2.45, 2.75) is 13.3 Å². The van der Waals surface area contributed by atoms with Crippen LogP contribution in [0.3, 0.4) is 0 Å². The van der Waals surface area contributed by atoms with Crippen molar-refractivity contribution in [2.75, 3.05) is 0 Å². The van der Waals surface area contributed by atoms with Gasteiger partial charge in [-0.25, -0.2) is 4.79 Å². The minimum Gasteiger partial charge on any atom is -0.477 e. The van der Waals surface area contributed by atoms with Gasteiger partial charge in [-0.05, 0) is 30.0 Å². The zero-order valence-corrected chi connectivity index (χ0v) is 9.82. The van der Waals surface area contributed by atoms with Gasteiger partial charge < -0.3 is 5.11 Å². The molecular formula is C11H10O2S2. The molecule has 0 bridgehead atoms. The summed E-state index contributed by atoms with van der Waals surface area (Å²) < 4.78 is 0. The van der Waals surface area contributed by atoms with E-state index in [4.69, 9.17) is 5.11 Å². The normalized spacial score (nSPS) is 10.5. The standard InChI is InChI=1S/C11H10O2S2/c1-2-7-3-4-9(15-7)8-5-6-14-10(8)11(12)13/h3-6H,2H2,1H3,(H,12,13). The van der Waals surface area contributed by atoms with Gasteiger partial charge in [0.05, 0.1) is 0 Å². The van der Waals surface area contributed by atoms with Gasteiger partial charge in [0.15, 0.2) is 0 Å². The summed E-state index contributed by atoms with van der Waals surface area (Å²) in [6.07, 6.45) is 0.997. The summed E-state index contributed by atoms with van der Waals surface area (Å²) in [6.45, 7) is 2.10. The second kappa shape index (κ2) is 4.16. The van der Waals surface area contributed by atoms with Crippen molar-refractivity contribution in [3.8, 4) is 10.4 Å². The smallest absolute Gasteiger partial charge is 0.346 e. The van der Waals surface area contributed by atoms with Crippen LogP contribution in [0.25, 0.3) is 10.4 Å². The lowest BCUT2D eigenvalue weighted by Crippen LogP contribution is -1.93. The van der Waals surface area contributed by atoms with E-state index in [1.807, 2.05) is 17.5 Å². The van der Waals surface area contributed by atoms with Crippen LogP contribution in [0, 0.1) is 0 Å². The minimum atomic E-state index is -0.841. The average Bonchev–Trinajstić information content (AvgIpc) is 2.85. The minimum absolute atomic E-state index is 0.430. The van der Waals surface area contributed by atoms with E-state index in [9.17, 15) is 4.79 Å². The molecule has 1 N–H and O–H groups in total. The van der Waals surface area contributed by atoms with E-state index in [2.05, 4.69) is 13.0 Å². The Morgan fingerprint density at radius 2 is 2.20 bits per heavy atom. The number of aromatic carboxylic acids is 1. The van der Waals surface area contributed by atoms with Crippen LogP contribution in [0.5, 0.6) is 0 Å². The highest BCUT2D eigenvalue weighted by molar-refractivity contribution is 7.17. The first-order valence-corrected chi connectivity index (χ1v) is 6.32. The van der Waals surface area contributed by atoms with Crippen LogP contribution in [-0.4, -0.2) is 11.1 Å². The molecule has 0 unspecified atom stereocenters. The van der Waals surface area contributed by atoms with Crippen molar-refractivity contribution >= 4 is 28.6 Å². The molecule has 0 spiro atoms. The summed E-state index contributed by atoms with van der Waals surface area (Å²) >= 11 is 2.94. The molecule has 0 saturated carbocycles. The van der Waals surface area contributed by atoms with Crippen LogP contribution in [0.4, 0.5) is 0 Å². The van der Waals surface area contributed by atoms with Crippen LogP contribution in [-0.2, 0) is 6.42 Å². The third-order valence-electron chi connectivity index (χ3n) is 2.14. The zero-order valence-electron chi connectivity index (χ0n) is 8.19. The Kier molecular flexibility index (Phi) is 2.88. The van der Waals surface area contributed by atoms with E-state index < -0.39 is 5.97 Å². The SMILES string of the molecule is CCc1ccc(-c2ccsc2C(=O)O)s1. The molecule has 0 amide bonds. The van der Waals surface area contributed by atoms with Gasteiger partial charge >= 0.3 is 5.97 Å². The van der Waals surface area contributed by atoms with Crippen LogP contribution in [0.2, 0.25) is 0 Å². The van der Waals surface area contributed by atoms with Crippen molar-refractivity contribution < 1.29 is 9.90 Å². The summed E-state index contributed by atoms with van der Waals surface area (Å²) in [7, 11) is 0. The molecule has 0 aromatic carbocycles. The fourth-order valence-corrected chi connectivity index (χ4v) is 3.17. The van der Waals surface area contributed by atoms with E-state index in [0.29, 0.717) is 4.88 Å².